The Hall–Kier alpha value is -0.600. The van der Waals surface area contributed by atoms with Crippen molar-refractivity contribution in [3.05, 3.63) is 34.6 Å². The highest BCUT2D eigenvalue weighted by Gasteiger charge is 2.16. The van der Waals surface area contributed by atoms with Crippen LogP contribution < -0.4 is 5.32 Å². The highest BCUT2D eigenvalue weighted by molar-refractivity contribution is 6.31. The zero-order valence-corrected chi connectivity index (χ0v) is 10.1. The summed E-state index contributed by atoms with van der Waals surface area (Å²) < 4.78 is 13.1. The van der Waals surface area contributed by atoms with Crippen LogP contribution in [0.1, 0.15) is 32.3 Å². The van der Waals surface area contributed by atoms with Gasteiger partial charge in [-0.25, -0.2) is 4.39 Å². The minimum atomic E-state index is -0.232. The van der Waals surface area contributed by atoms with E-state index in [-0.39, 0.29) is 17.8 Å². The smallest absolute Gasteiger partial charge is 0.123 e. The molecule has 0 aliphatic heterocycles. The van der Waals surface area contributed by atoms with Crippen LogP contribution in [-0.4, -0.2) is 12.6 Å². The van der Waals surface area contributed by atoms with E-state index in [1.165, 1.54) is 12.1 Å². The van der Waals surface area contributed by atoms with Crippen LogP contribution in [0.3, 0.4) is 0 Å². The first kappa shape index (κ1) is 12.5. The van der Waals surface area contributed by atoms with Crippen molar-refractivity contribution in [3.8, 4) is 0 Å². The maximum atomic E-state index is 13.1. The third-order valence-electron chi connectivity index (χ3n) is 2.72. The van der Waals surface area contributed by atoms with Gasteiger partial charge in [-0.1, -0.05) is 25.4 Å². The molecule has 1 rings (SSSR count). The summed E-state index contributed by atoms with van der Waals surface area (Å²) in [5, 5.41) is 3.94. The first-order valence-corrected chi connectivity index (χ1v) is 5.62. The molecule has 0 aliphatic carbocycles. The van der Waals surface area contributed by atoms with Gasteiger partial charge in [-0.2, -0.15) is 0 Å². The van der Waals surface area contributed by atoms with E-state index in [2.05, 4.69) is 19.2 Å². The van der Waals surface area contributed by atoms with Gasteiger partial charge in [-0.05, 0) is 43.1 Å². The predicted molar refractivity (Wildman–Crippen MR) is 63.0 cm³/mol. The van der Waals surface area contributed by atoms with Crippen LogP contribution in [0.2, 0.25) is 5.02 Å². The average molecular weight is 230 g/mol. The molecule has 3 heteroatoms. The lowest BCUT2D eigenvalue weighted by molar-refractivity contribution is 0.492. The summed E-state index contributed by atoms with van der Waals surface area (Å²) in [7, 11) is 0. The molecular weight excluding hydrogens is 213 g/mol. The standard InChI is InChI=1S/C12H17ClFN/c1-4-15-9(3)8(2)11-7-10(14)5-6-12(11)13/h5-9,15H,4H2,1-3H3. The molecule has 0 fully saturated rings. The fourth-order valence-electron chi connectivity index (χ4n) is 1.63. The van der Waals surface area contributed by atoms with Crippen molar-refractivity contribution in [1.82, 2.24) is 5.32 Å². The largest absolute Gasteiger partial charge is 0.314 e. The molecule has 0 bridgehead atoms. The molecule has 15 heavy (non-hydrogen) atoms. The van der Waals surface area contributed by atoms with Crippen molar-refractivity contribution in [2.75, 3.05) is 6.54 Å². The molecule has 2 unspecified atom stereocenters. The van der Waals surface area contributed by atoms with Gasteiger partial charge < -0.3 is 5.32 Å². The summed E-state index contributed by atoms with van der Waals surface area (Å²) in [4.78, 5) is 0. The molecular formula is C12H17ClFN. The van der Waals surface area contributed by atoms with Gasteiger partial charge in [0.2, 0.25) is 0 Å². The molecule has 84 valence electrons. The molecule has 0 saturated heterocycles. The van der Waals surface area contributed by atoms with E-state index in [1.54, 1.807) is 6.07 Å². The number of rotatable bonds is 4. The topological polar surface area (TPSA) is 12.0 Å². The van der Waals surface area contributed by atoms with E-state index < -0.39 is 0 Å². The van der Waals surface area contributed by atoms with Crippen LogP contribution in [0.5, 0.6) is 0 Å². The lowest BCUT2D eigenvalue weighted by atomic mass is 9.94. The molecule has 1 aromatic rings. The Kier molecular flexibility index (Phi) is 4.55. The maximum absolute atomic E-state index is 13.1. The maximum Gasteiger partial charge on any atom is 0.123 e. The zero-order valence-electron chi connectivity index (χ0n) is 9.35. The number of hydrogen-bond donors (Lipinski definition) is 1. The normalized spacial score (nSPS) is 15.0. The van der Waals surface area contributed by atoms with Crippen LogP contribution in [0, 0.1) is 5.82 Å². The van der Waals surface area contributed by atoms with E-state index in [0.29, 0.717) is 5.02 Å². The highest BCUT2D eigenvalue weighted by Crippen LogP contribution is 2.27. The van der Waals surface area contributed by atoms with E-state index in [4.69, 9.17) is 11.6 Å². The Morgan fingerprint density at radius 2 is 2.07 bits per heavy atom. The van der Waals surface area contributed by atoms with Crippen LogP contribution >= 0.6 is 11.6 Å². The third-order valence-corrected chi connectivity index (χ3v) is 3.07. The molecule has 1 aromatic carbocycles. The molecule has 0 heterocycles. The SMILES string of the molecule is CCNC(C)C(C)c1cc(F)ccc1Cl. The highest BCUT2D eigenvalue weighted by atomic mass is 35.5. The van der Waals surface area contributed by atoms with Crippen molar-refractivity contribution < 1.29 is 4.39 Å². The second kappa shape index (κ2) is 5.47. The van der Waals surface area contributed by atoms with Crippen LogP contribution in [0.25, 0.3) is 0 Å². The van der Waals surface area contributed by atoms with Gasteiger partial charge in [0.15, 0.2) is 0 Å². The number of halogens is 2. The Morgan fingerprint density at radius 1 is 1.40 bits per heavy atom. The summed E-state index contributed by atoms with van der Waals surface area (Å²) in [5.41, 5.74) is 0.866. The van der Waals surface area contributed by atoms with Gasteiger partial charge in [-0.15, -0.1) is 0 Å². The lowest BCUT2D eigenvalue weighted by Crippen LogP contribution is -2.30. The number of likely N-dealkylation sites (N-methyl/N-ethyl adjacent to an activating group) is 1. The van der Waals surface area contributed by atoms with Crippen LogP contribution in [-0.2, 0) is 0 Å². The van der Waals surface area contributed by atoms with Gasteiger partial charge in [-0.3, -0.25) is 0 Å². The molecule has 1 nitrogen and oxygen atoms in total. The Balaban J connectivity index is 2.89. The predicted octanol–water partition coefficient (Wildman–Crippen LogP) is 3.58. The van der Waals surface area contributed by atoms with Gasteiger partial charge >= 0.3 is 0 Å². The van der Waals surface area contributed by atoms with Gasteiger partial charge in [0.05, 0.1) is 0 Å². The van der Waals surface area contributed by atoms with Gasteiger partial charge in [0, 0.05) is 11.1 Å². The van der Waals surface area contributed by atoms with Crippen molar-refractivity contribution >= 4 is 11.6 Å². The molecule has 0 aromatic heterocycles. The molecule has 2 atom stereocenters. The lowest BCUT2D eigenvalue weighted by Gasteiger charge is -2.22. The van der Waals surface area contributed by atoms with Crippen LogP contribution in [0.4, 0.5) is 4.39 Å². The second-order valence-electron chi connectivity index (χ2n) is 3.80. The van der Waals surface area contributed by atoms with Crippen molar-refractivity contribution in [1.29, 1.82) is 0 Å². The first-order valence-electron chi connectivity index (χ1n) is 5.24. The first-order chi connectivity index (χ1) is 7.06. The quantitative estimate of drug-likeness (QED) is 0.832. The third kappa shape index (κ3) is 3.18. The van der Waals surface area contributed by atoms with Crippen LogP contribution in [0.15, 0.2) is 18.2 Å². The van der Waals surface area contributed by atoms with E-state index in [0.717, 1.165) is 12.1 Å². The Labute approximate surface area is 95.6 Å². The van der Waals surface area contributed by atoms with Crippen molar-refractivity contribution in [3.63, 3.8) is 0 Å². The van der Waals surface area contributed by atoms with E-state index >= 15 is 0 Å². The molecule has 0 amide bonds. The van der Waals surface area contributed by atoms with Gasteiger partial charge in [0.25, 0.3) is 0 Å². The Morgan fingerprint density at radius 3 is 2.67 bits per heavy atom. The van der Waals surface area contributed by atoms with Crippen molar-refractivity contribution in [2.24, 2.45) is 0 Å². The molecule has 0 spiro atoms. The minimum absolute atomic E-state index is 0.202. The summed E-state index contributed by atoms with van der Waals surface area (Å²) in [5.74, 6) is -0.0295. The summed E-state index contributed by atoms with van der Waals surface area (Å²) >= 11 is 6.04. The average Bonchev–Trinajstić information content (AvgIpc) is 2.21. The molecule has 0 radical (unpaired) electrons. The summed E-state index contributed by atoms with van der Waals surface area (Å²) in [6, 6.07) is 4.80. The number of hydrogen-bond acceptors (Lipinski definition) is 1. The van der Waals surface area contributed by atoms with Gasteiger partial charge in [0.1, 0.15) is 5.82 Å². The monoisotopic (exact) mass is 229 g/mol. The van der Waals surface area contributed by atoms with Crippen molar-refractivity contribution in [2.45, 2.75) is 32.7 Å². The summed E-state index contributed by atoms with van der Waals surface area (Å²) in [6.45, 7) is 7.08. The van der Waals surface area contributed by atoms with E-state index in [1.807, 2.05) is 6.92 Å². The summed E-state index contributed by atoms with van der Waals surface area (Å²) in [6.07, 6.45) is 0. The zero-order chi connectivity index (χ0) is 11.4. The number of nitrogens with one attached hydrogen (secondary N) is 1. The number of benzene rings is 1. The van der Waals surface area contributed by atoms with E-state index in [9.17, 15) is 4.39 Å². The Bertz CT molecular complexity index is 327. The fourth-order valence-corrected chi connectivity index (χ4v) is 1.92. The fraction of sp³-hybridized carbons (Fsp3) is 0.500. The minimum Gasteiger partial charge on any atom is -0.314 e. The second-order valence-corrected chi connectivity index (χ2v) is 4.21. The molecule has 0 saturated carbocycles. The molecule has 1 N–H and O–H groups in total. The molecule has 0 aliphatic rings.